The van der Waals surface area contributed by atoms with Gasteiger partial charge in [-0.15, -0.1) is 0 Å². The lowest BCUT2D eigenvalue weighted by Crippen LogP contribution is -2.36. The molecule has 0 amide bonds. The maximum atomic E-state index is 9.12. The molecule has 0 spiro atoms. The lowest BCUT2D eigenvalue weighted by Gasteiger charge is -2.27. The van der Waals surface area contributed by atoms with E-state index in [0.29, 0.717) is 6.54 Å². The van der Waals surface area contributed by atoms with Gasteiger partial charge >= 0.3 is 0 Å². The Bertz CT molecular complexity index is 641. The molecule has 0 aliphatic heterocycles. The predicted molar refractivity (Wildman–Crippen MR) is 94.5 cm³/mol. The average Bonchev–Trinajstić information content (AvgIpc) is 2.80. The van der Waals surface area contributed by atoms with Gasteiger partial charge in [-0.1, -0.05) is 31.2 Å². The molecule has 126 valence electrons. The number of aliphatic hydroxyl groups is 1. The highest BCUT2D eigenvalue weighted by atomic mass is 16.3. The Kier molecular flexibility index (Phi) is 5.60. The van der Waals surface area contributed by atoms with Gasteiger partial charge in [0.25, 0.3) is 0 Å². The summed E-state index contributed by atoms with van der Waals surface area (Å²) in [7, 11) is 0. The van der Waals surface area contributed by atoms with Crippen LogP contribution in [-0.2, 0) is 25.0 Å². The smallest absolute Gasteiger partial charge is 0.0644 e. The molecule has 0 fully saturated rings. The minimum Gasteiger partial charge on any atom is -0.394 e. The summed E-state index contributed by atoms with van der Waals surface area (Å²) >= 11 is 0. The Labute approximate surface area is 139 Å². The molecule has 0 aliphatic rings. The SMILES string of the molecule is CCc1ccc(C(C)(C)NCc2c(C)nn(CCO)c2C)cc1. The summed E-state index contributed by atoms with van der Waals surface area (Å²) in [4.78, 5) is 0. The van der Waals surface area contributed by atoms with Crippen LogP contribution in [0.15, 0.2) is 24.3 Å². The van der Waals surface area contributed by atoms with Gasteiger partial charge in [0.1, 0.15) is 0 Å². The molecule has 2 N–H and O–H groups in total. The second-order valence-electron chi connectivity index (χ2n) is 6.63. The number of aliphatic hydroxyl groups excluding tert-OH is 1. The van der Waals surface area contributed by atoms with Crippen molar-refractivity contribution < 1.29 is 5.11 Å². The second kappa shape index (κ2) is 7.28. The van der Waals surface area contributed by atoms with Crippen LogP contribution in [0, 0.1) is 13.8 Å². The number of benzene rings is 1. The molecule has 0 aliphatic carbocycles. The highest BCUT2D eigenvalue weighted by molar-refractivity contribution is 5.29. The van der Waals surface area contributed by atoms with Crippen LogP contribution in [-0.4, -0.2) is 21.5 Å². The van der Waals surface area contributed by atoms with E-state index in [2.05, 4.69) is 62.4 Å². The first-order valence-electron chi connectivity index (χ1n) is 8.37. The van der Waals surface area contributed by atoms with E-state index in [-0.39, 0.29) is 12.1 Å². The van der Waals surface area contributed by atoms with Crippen LogP contribution < -0.4 is 5.32 Å². The Balaban J connectivity index is 2.12. The van der Waals surface area contributed by atoms with Crippen LogP contribution in [0.25, 0.3) is 0 Å². The molecule has 23 heavy (non-hydrogen) atoms. The van der Waals surface area contributed by atoms with Crippen molar-refractivity contribution in [2.45, 2.75) is 59.7 Å². The molecule has 1 heterocycles. The summed E-state index contributed by atoms with van der Waals surface area (Å²) in [6.07, 6.45) is 1.07. The molecule has 1 aromatic carbocycles. The Morgan fingerprint density at radius 2 is 1.83 bits per heavy atom. The van der Waals surface area contributed by atoms with E-state index < -0.39 is 0 Å². The minimum absolute atomic E-state index is 0.107. The lowest BCUT2D eigenvalue weighted by atomic mass is 9.92. The quantitative estimate of drug-likeness (QED) is 0.825. The Morgan fingerprint density at radius 3 is 2.39 bits per heavy atom. The first-order valence-corrected chi connectivity index (χ1v) is 8.37. The largest absolute Gasteiger partial charge is 0.394 e. The number of aromatic nitrogens is 2. The van der Waals surface area contributed by atoms with Crippen molar-refractivity contribution in [2.24, 2.45) is 0 Å². The normalized spacial score (nSPS) is 11.9. The van der Waals surface area contributed by atoms with E-state index in [4.69, 9.17) is 5.11 Å². The molecule has 4 nitrogen and oxygen atoms in total. The zero-order chi connectivity index (χ0) is 17.0. The third-order valence-corrected chi connectivity index (χ3v) is 4.63. The van der Waals surface area contributed by atoms with Gasteiger partial charge in [-0.25, -0.2) is 0 Å². The number of nitrogens with zero attached hydrogens (tertiary/aromatic N) is 2. The van der Waals surface area contributed by atoms with Crippen molar-refractivity contribution >= 4 is 0 Å². The van der Waals surface area contributed by atoms with Crippen molar-refractivity contribution in [2.75, 3.05) is 6.61 Å². The molecule has 4 heteroatoms. The fourth-order valence-electron chi connectivity index (χ4n) is 2.87. The van der Waals surface area contributed by atoms with Gasteiger partial charge in [-0.2, -0.15) is 5.10 Å². The van der Waals surface area contributed by atoms with Crippen LogP contribution in [0.3, 0.4) is 0 Å². The van der Waals surface area contributed by atoms with Gasteiger partial charge in [-0.3, -0.25) is 4.68 Å². The van der Waals surface area contributed by atoms with Gasteiger partial charge in [0.15, 0.2) is 0 Å². The Morgan fingerprint density at radius 1 is 1.17 bits per heavy atom. The molecule has 0 unspecified atom stereocenters. The third-order valence-electron chi connectivity index (χ3n) is 4.63. The number of aryl methyl sites for hydroxylation is 2. The topological polar surface area (TPSA) is 50.1 Å². The first kappa shape index (κ1) is 17.7. The molecule has 0 radical (unpaired) electrons. The van der Waals surface area contributed by atoms with Crippen LogP contribution in [0.5, 0.6) is 0 Å². The summed E-state index contributed by atoms with van der Waals surface area (Å²) in [5.74, 6) is 0. The van der Waals surface area contributed by atoms with E-state index >= 15 is 0 Å². The maximum absolute atomic E-state index is 9.12. The lowest BCUT2D eigenvalue weighted by molar-refractivity contribution is 0.267. The predicted octanol–water partition coefficient (Wildman–Crippen LogP) is 3.08. The highest BCUT2D eigenvalue weighted by Crippen LogP contribution is 2.22. The molecule has 0 atom stereocenters. The average molecular weight is 315 g/mol. The molecular weight excluding hydrogens is 286 g/mol. The van der Waals surface area contributed by atoms with Gasteiger partial charge in [0, 0.05) is 23.3 Å². The summed E-state index contributed by atoms with van der Waals surface area (Å²) in [6, 6.07) is 8.82. The highest BCUT2D eigenvalue weighted by Gasteiger charge is 2.21. The number of rotatable bonds is 7. The van der Waals surface area contributed by atoms with Crippen LogP contribution in [0.2, 0.25) is 0 Å². The zero-order valence-corrected chi connectivity index (χ0v) is 15.0. The van der Waals surface area contributed by atoms with Crippen LogP contribution in [0.4, 0.5) is 0 Å². The van der Waals surface area contributed by atoms with Crippen LogP contribution in [0.1, 0.15) is 48.8 Å². The van der Waals surface area contributed by atoms with Crippen molar-refractivity contribution in [1.29, 1.82) is 0 Å². The number of nitrogens with one attached hydrogen (secondary N) is 1. The van der Waals surface area contributed by atoms with E-state index in [1.807, 2.05) is 11.6 Å². The molecule has 2 aromatic rings. The van der Waals surface area contributed by atoms with Crippen molar-refractivity contribution in [3.8, 4) is 0 Å². The number of hydrogen-bond acceptors (Lipinski definition) is 3. The summed E-state index contributed by atoms with van der Waals surface area (Å²) in [5, 5.41) is 17.3. The van der Waals surface area contributed by atoms with Crippen LogP contribution >= 0.6 is 0 Å². The molecule has 0 saturated heterocycles. The van der Waals surface area contributed by atoms with E-state index in [0.717, 1.165) is 24.4 Å². The minimum atomic E-state index is -0.107. The fraction of sp³-hybridized carbons (Fsp3) is 0.526. The van der Waals surface area contributed by atoms with Gasteiger partial charge in [0.2, 0.25) is 0 Å². The van der Waals surface area contributed by atoms with Gasteiger partial charge in [-0.05, 0) is 45.2 Å². The van der Waals surface area contributed by atoms with Gasteiger partial charge in [0.05, 0.1) is 18.8 Å². The molecule has 0 bridgehead atoms. The molecule has 2 rings (SSSR count). The first-order chi connectivity index (χ1) is 10.9. The van der Waals surface area contributed by atoms with E-state index in [9.17, 15) is 0 Å². The zero-order valence-electron chi connectivity index (χ0n) is 15.0. The third kappa shape index (κ3) is 4.01. The van der Waals surface area contributed by atoms with Crippen molar-refractivity contribution in [1.82, 2.24) is 15.1 Å². The summed E-state index contributed by atoms with van der Waals surface area (Å²) in [6.45, 7) is 12.1. The maximum Gasteiger partial charge on any atom is 0.0644 e. The van der Waals surface area contributed by atoms with Crippen molar-refractivity contribution in [3.05, 3.63) is 52.3 Å². The van der Waals surface area contributed by atoms with Crippen molar-refractivity contribution in [3.63, 3.8) is 0 Å². The second-order valence-corrected chi connectivity index (χ2v) is 6.63. The summed E-state index contributed by atoms with van der Waals surface area (Å²) in [5.41, 5.74) is 5.91. The number of hydrogen-bond donors (Lipinski definition) is 2. The molecular formula is C19H29N3O. The van der Waals surface area contributed by atoms with E-state index in [1.54, 1.807) is 0 Å². The van der Waals surface area contributed by atoms with E-state index in [1.165, 1.54) is 16.7 Å². The molecule has 0 saturated carbocycles. The van der Waals surface area contributed by atoms with Gasteiger partial charge < -0.3 is 10.4 Å². The standard InChI is InChI=1S/C19H29N3O/c1-6-16-7-9-17(10-8-16)19(4,5)20-13-18-14(2)21-22(11-12-23)15(18)3/h7-10,20,23H,6,11-13H2,1-5H3. The molecule has 1 aromatic heterocycles. The Hall–Kier alpha value is -1.65. The fourth-order valence-corrected chi connectivity index (χ4v) is 2.87. The monoisotopic (exact) mass is 315 g/mol. The summed E-state index contributed by atoms with van der Waals surface area (Å²) < 4.78 is 1.88.